The number of rotatable bonds is 8. The Bertz CT molecular complexity index is 848. The quantitative estimate of drug-likeness (QED) is 0.289. The number of hydrogen-bond donors (Lipinski definition) is 3. The van der Waals surface area contributed by atoms with Gasteiger partial charge in [0.1, 0.15) is 5.75 Å². The molecule has 1 fully saturated rings. The van der Waals surface area contributed by atoms with E-state index in [4.69, 9.17) is 10.5 Å². The largest absolute Gasteiger partial charge is 0.484 e. The number of nitrogens with two attached hydrogens (primary N) is 1. The third kappa shape index (κ3) is 7.92. The van der Waals surface area contributed by atoms with Crippen LogP contribution in [0.3, 0.4) is 0 Å². The van der Waals surface area contributed by atoms with Crippen LogP contribution in [0.2, 0.25) is 0 Å². The number of anilines is 1. The smallest absolute Gasteiger partial charge is 0.258 e. The summed E-state index contributed by atoms with van der Waals surface area (Å²) in [6.45, 7) is 4.80. The third-order valence-electron chi connectivity index (χ3n) is 4.70. The molecule has 0 heterocycles. The fourth-order valence-electron chi connectivity index (χ4n) is 2.71. The Morgan fingerprint density at radius 2 is 1.86 bits per heavy atom. The minimum absolute atomic E-state index is 0. The number of ether oxygens (including phenoxy) is 1. The second kappa shape index (κ2) is 11.0. The molecule has 3 rings (SSSR count). The summed E-state index contributed by atoms with van der Waals surface area (Å²) >= 11 is 0. The highest BCUT2D eigenvalue weighted by Gasteiger charge is 2.23. The molecule has 0 aromatic heterocycles. The first kappa shape index (κ1) is 23.0. The second-order valence-electron chi connectivity index (χ2n) is 7.22. The van der Waals surface area contributed by atoms with Crippen LogP contribution in [0.4, 0.5) is 5.69 Å². The van der Waals surface area contributed by atoms with Crippen molar-refractivity contribution in [2.75, 3.05) is 18.5 Å². The van der Waals surface area contributed by atoms with Crippen LogP contribution >= 0.6 is 24.0 Å². The van der Waals surface area contributed by atoms with Crippen LogP contribution in [0.25, 0.3) is 0 Å². The Hall–Kier alpha value is -2.29. The van der Waals surface area contributed by atoms with E-state index in [0.29, 0.717) is 24.3 Å². The average Bonchev–Trinajstić information content (AvgIpc) is 3.48. The molecule has 1 aliphatic carbocycles. The van der Waals surface area contributed by atoms with Crippen molar-refractivity contribution in [1.29, 1.82) is 0 Å². The van der Waals surface area contributed by atoms with Gasteiger partial charge in [0.15, 0.2) is 12.6 Å². The van der Waals surface area contributed by atoms with E-state index < -0.39 is 0 Å². The minimum Gasteiger partial charge on any atom is -0.484 e. The van der Waals surface area contributed by atoms with Gasteiger partial charge in [0.25, 0.3) is 5.91 Å². The number of benzene rings is 2. The SMILES string of the molecule is Cc1ccc(NC(N)=NCCc2ccc(OCC(=O)NC3CC3)cc2)cc1C.I. The molecule has 1 saturated carbocycles. The zero-order chi connectivity index (χ0) is 19.9. The lowest BCUT2D eigenvalue weighted by Crippen LogP contribution is -2.30. The molecule has 0 atom stereocenters. The number of carbonyl (C=O) groups is 1. The Kier molecular flexibility index (Phi) is 8.75. The van der Waals surface area contributed by atoms with Crippen molar-refractivity contribution < 1.29 is 9.53 Å². The molecular formula is C22H29IN4O2. The number of nitrogens with one attached hydrogen (secondary N) is 2. The summed E-state index contributed by atoms with van der Waals surface area (Å²) in [6.07, 6.45) is 2.93. The monoisotopic (exact) mass is 508 g/mol. The predicted octanol–water partition coefficient (Wildman–Crippen LogP) is 3.55. The van der Waals surface area contributed by atoms with Gasteiger partial charge in [0.05, 0.1) is 0 Å². The number of hydrogen-bond acceptors (Lipinski definition) is 3. The van der Waals surface area contributed by atoms with Crippen LogP contribution < -0.4 is 21.1 Å². The number of amides is 1. The first-order valence-corrected chi connectivity index (χ1v) is 9.65. The van der Waals surface area contributed by atoms with E-state index in [-0.39, 0.29) is 36.5 Å². The van der Waals surface area contributed by atoms with Crippen LogP contribution in [0.1, 0.15) is 29.5 Å². The van der Waals surface area contributed by atoms with Gasteiger partial charge < -0.3 is 21.1 Å². The van der Waals surface area contributed by atoms with Crippen LogP contribution in [0.15, 0.2) is 47.5 Å². The van der Waals surface area contributed by atoms with Crippen LogP contribution in [0.5, 0.6) is 5.75 Å². The lowest BCUT2D eigenvalue weighted by Gasteiger charge is -2.09. The van der Waals surface area contributed by atoms with Crippen molar-refractivity contribution >= 4 is 41.5 Å². The van der Waals surface area contributed by atoms with E-state index in [1.54, 1.807) is 0 Å². The van der Waals surface area contributed by atoms with Crippen molar-refractivity contribution in [3.63, 3.8) is 0 Å². The summed E-state index contributed by atoms with van der Waals surface area (Å²) in [5.74, 6) is 1.03. The third-order valence-corrected chi connectivity index (χ3v) is 4.70. The van der Waals surface area contributed by atoms with Gasteiger partial charge in [0, 0.05) is 18.3 Å². The zero-order valence-corrected chi connectivity index (χ0v) is 19.2. The molecule has 1 aliphatic rings. The number of aliphatic imine (C=N–C) groups is 1. The standard InChI is InChI=1S/C22H28N4O2.HI/c1-15-3-6-19(13-16(15)2)26-22(23)24-12-11-17-4-9-20(10-5-17)28-14-21(27)25-18-7-8-18;/h3-6,9-10,13,18H,7-8,11-12,14H2,1-2H3,(H,25,27)(H3,23,24,26);1H. The molecule has 0 saturated heterocycles. The number of halogens is 1. The highest BCUT2D eigenvalue weighted by molar-refractivity contribution is 14.0. The van der Waals surface area contributed by atoms with E-state index in [2.05, 4.69) is 41.6 Å². The summed E-state index contributed by atoms with van der Waals surface area (Å²) in [5.41, 5.74) is 10.5. The first-order valence-electron chi connectivity index (χ1n) is 9.65. The van der Waals surface area contributed by atoms with Crippen LogP contribution in [-0.4, -0.2) is 31.1 Å². The molecule has 0 radical (unpaired) electrons. The van der Waals surface area contributed by atoms with E-state index in [9.17, 15) is 4.79 Å². The van der Waals surface area contributed by atoms with Crippen molar-refractivity contribution in [2.45, 2.75) is 39.2 Å². The second-order valence-corrected chi connectivity index (χ2v) is 7.22. The molecule has 0 bridgehead atoms. The Balaban J connectivity index is 0.00000300. The van der Waals surface area contributed by atoms with Crippen LogP contribution in [-0.2, 0) is 11.2 Å². The van der Waals surface area contributed by atoms with E-state index >= 15 is 0 Å². The predicted molar refractivity (Wildman–Crippen MR) is 128 cm³/mol. The Morgan fingerprint density at radius 1 is 1.14 bits per heavy atom. The fraction of sp³-hybridized carbons (Fsp3) is 0.364. The molecular weight excluding hydrogens is 479 g/mol. The summed E-state index contributed by atoms with van der Waals surface area (Å²) < 4.78 is 5.51. The molecule has 0 unspecified atom stereocenters. The van der Waals surface area contributed by atoms with E-state index in [0.717, 1.165) is 30.5 Å². The molecule has 1 amide bonds. The summed E-state index contributed by atoms with van der Waals surface area (Å²) in [7, 11) is 0. The zero-order valence-electron chi connectivity index (χ0n) is 16.9. The Labute approximate surface area is 189 Å². The maximum atomic E-state index is 11.6. The van der Waals surface area contributed by atoms with E-state index in [1.807, 2.05) is 30.3 Å². The number of guanidine groups is 1. The molecule has 2 aromatic rings. The van der Waals surface area contributed by atoms with Gasteiger partial charge in [-0.1, -0.05) is 18.2 Å². The fourth-order valence-corrected chi connectivity index (χ4v) is 2.71. The molecule has 0 spiro atoms. The van der Waals surface area contributed by atoms with Gasteiger partial charge in [-0.25, -0.2) is 0 Å². The first-order chi connectivity index (χ1) is 13.5. The number of aryl methyl sites for hydroxylation is 2. The highest BCUT2D eigenvalue weighted by Crippen LogP contribution is 2.18. The lowest BCUT2D eigenvalue weighted by molar-refractivity contribution is -0.123. The van der Waals surface area contributed by atoms with Gasteiger partial charge in [-0.3, -0.25) is 9.79 Å². The Morgan fingerprint density at radius 3 is 2.52 bits per heavy atom. The molecule has 6 nitrogen and oxygen atoms in total. The van der Waals surface area contributed by atoms with Gasteiger partial charge in [-0.05, 0) is 74.1 Å². The average molecular weight is 508 g/mol. The minimum atomic E-state index is -0.0624. The van der Waals surface area contributed by atoms with Crippen molar-refractivity contribution in [1.82, 2.24) is 5.32 Å². The molecule has 0 aliphatic heterocycles. The van der Waals surface area contributed by atoms with Crippen LogP contribution in [0, 0.1) is 13.8 Å². The number of nitrogens with zero attached hydrogens (tertiary/aromatic N) is 1. The lowest BCUT2D eigenvalue weighted by atomic mass is 10.1. The maximum absolute atomic E-state index is 11.6. The molecule has 2 aromatic carbocycles. The van der Waals surface area contributed by atoms with Gasteiger partial charge >= 0.3 is 0 Å². The molecule has 7 heteroatoms. The maximum Gasteiger partial charge on any atom is 0.258 e. The normalized spacial score (nSPS) is 13.4. The molecule has 4 N–H and O–H groups in total. The summed E-state index contributed by atoms with van der Waals surface area (Å²) in [5, 5.41) is 6.02. The van der Waals surface area contributed by atoms with Gasteiger partial charge in [-0.2, -0.15) is 0 Å². The van der Waals surface area contributed by atoms with Crippen molar-refractivity contribution in [3.8, 4) is 5.75 Å². The number of carbonyl (C=O) groups excluding carboxylic acids is 1. The topological polar surface area (TPSA) is 88.7 Å². The summed E-state index contributed by atoms with van der Waals surface area (Å²) in [6, 6.07) is 14.2. The van der Waals surface area contributed by atoms with Crippen molar-refractivity contribution in [2.24, 2.45) is 10.7 Å². The van der Waals surface area contributed by atoms with E-state index in [1.165, 1.54) is 11.1 Å². The molecule has 29 heavy (non-hydrogen) atoms. The van der Waals surface area contributed by atoms with Gasteiger partial charge in [-0.15, -0.1) is 24.0 Å². The van der Waals surface area contributed by atoms with Gasteiger partial charge in [0.2, 0.25) is 0 Å². The highest BCUT2D eigenvalue weighted by atomic mass is 127. The summed E-state index contributed by atoms with van der Waals surface area (Å²) in [4.78, 5) is 16.0. The van der Waals surface area contributed by atoms with Crippen molar-refractivity contribution in [3.05, 3.63) is 59.2 Å². The molecule has 156 valence electrons.